The molecule has 0 saturated carbocycles. The molecule has 0 aliphatic heterocycles. The largest absolute Gasteiger partial charge is 0.337 e. The number of hydrogen-bond donors (Lipinski definition) is 1. The lowest BCUT2D eigenvalue weighted by molar-refractivity contribution is 0.449. The third kappa shape index (κ3) is 4.31. The van der Waals surface area contributed by atoms with E-state index in [9.17, 15) is 9.18 Å². The third-order valence-electron chi connectivity index (χ3n) is 5.86. The van der Waals surface area contributed by atoms with E-state index in [1.807, 2.05) is 18.6 Å². The maximum absolute atomic E-state index is 13.5. The summed E-state index contributed by atoms with van der Waals surface area (Å²) in [5.74, 6) is -0.295. The van der Waals surface area contributed by atoms with E-state index in [-0.39, 0.29) is 11.4 Å². The Hall–Kier alpha value is -2.84. The van der Waals surface area contributed by atoms with E-state index in [0.717, 1.165) is 60.1 Å². The van der Waals surface area contributed by atoms with Crippen molar-refractivity contribution in [2.45, 2.75) is 44.8 Å². The van der Waals surface area contributed by atoms with Crippen LogP contribution < -0.4 is 10.9 Å². The van der Waals surface area contributed by atoms with Gasteiger partial charge in [0.2, 0.25) is 0 Å². The van der Waals surface area contributed by atoms with Crippen LogP contribution in [0.3, 0.4) is 0 Å². The number of aryl methyl sites for hydroxylation is 2. The highest BCUT2D eigenvalue weighted by Gasteiger charge is 2.25. The van der Waals surface area contributed by atoms with Gasteiger partial charge in [-0.15, -0.1) is 11.3 Å². The number of thiophene rings is 1. The zero-order chi connectivity index (χ0) is 21.2. The van der Waals surface area contributed by atoms with E-state index in [1.165, 1.54) is 17.0 Å². The minimum atomic E-state index is -0.295. The molecule has 1 N–H and O–H groups in total. The molecule has 0 fully saturated rings. The second-order valence-corrected chi connectivity index (χ2v) is 9.12. The third-order valence-corrected chi connectivity index (χ3v) is 7.03. The molecule has 0 spiro atoms. The second-order valence-electron chi connectivity index (χ2n) is 8.04. The minimum Gasteiger partial charge on any atom is -0.337 e. The molecule has 5 rings (SSSR count). The molecular weight excluding hydrogens is 413 g/mol. The summed E-state index contributed by atoms with van der Waals surface area (Å²) in [7, 11) is 0. The van der Waals surface area contributed by atoms with Gasteiger partial charge in [-0.05, 0) is 55.5 Å². The van der Waals surface area contributed by atoms with E-state index in [2.05, 4.69) is 19.9 Å². The average Bonchev–Trinajstić information content (AvgIpc) is 3.41. The van der Waals surface area contributed by atoms with E-state index < -0.39 is 0 Å². The van der Waals surface area contributed by atoms with Gasteiger partial charge in [-0.3, -0.25) is 9.36 Å². The molecule has 0 radical (unpaired) electrons. The van der Waals surface area contributed by atoms with Crippen LogP contribution in [0.4, 0.5) is 4.39 Å². The van der Waals surface area contributed by atoms with E-state index >= 15 is 0 Å². The topological polar surface area (TPSA) is 64.7 Å². The highest BCUT2D eigenvalue weighted by atomic mass is 32.1. The average molecular weight is 438 g/mol. The van der Waals surface area contributed by atoms with Crippen LogP contribution in [0, 0.1) is 5.82 Å². The summed E-state index contributed by atoms with van der Waals surface area (Å²) in [6, 6.07) is 6.79. The summed E-state index contributed by atoms with van der Waals surface area (Å²) in [5, 5.41) is 4.41. The first-order valence-electron chi connectivity index (χ1n) is 10.6. The van der Waals surface area contributed by atoms with Crippen molar-refractivity contribution in [3.05, 3.63) is 81.5 Å². The molecule has 1 aliphatic rings. The molecule has 1 aromatic carbocycles. The van der Waals surface area contributed by atoms with Crippen LogP contribution in [-0.4, -0.2) is 31.7 Å². The van der Waals surface area contributed by atoms with Crippen LogP contribution in [0.25, 0.3) is 10.2 Å². The Labute approximate surface area is 183 Å². The maximum atomic E-state index is 13.5. The van der Waals surface area contributed by atoms with Crippen molar-refractivity contribution >= 4 is 21.6 Å². The number of aromatic nitrogens is 4. The lowest BCUT2D eigenvalue weighted by Gasteiger charge is -2.23. The van der Waals surface area contributed by atoms with E-state index in [4.69, 9.17) is 0 Å². The first-order chi connectivity index (χ1) is 15.2. The molecule has 160 valence electrons. The van der Waals surface area contributed by atoms with Crippen molar-refractivity contribution in [1.29, 1.82) is 0 Å². The highest BCUT2D eigenvalue weighted by Crippen LogP contribution is 2.33. The molecule has 3 heterocycles. The van der Waals surface area contributed by atoms with Crippen molar-refractivity contribution in [3.8, 4) is 0 Å². The summed E-state index contributed by atoms with van der Waals surface area (Å²) in [6.07, 6.45) is 11.1. The Morgan fingerprint density at radius 1 is 1.29 bits per heavy atom. The van der Waals surface area contributed by atoms with Crippen LogP contribution in [-0.2, 0) is 25.9 Å². The Morgan fingerprint density at radius 2 is 2.23 bits per heavy atom. The first-order valence-corrected chi connectivity index (χ1v) is 11.4. The smallest absolute Gasteiger partial charge is 0.262 e. The molecule has 0 unspecified atom stereocenters. The molecule has 0 amide bonds. The van der Waals surface area contributed by atoms with Crippen molar-refractivity contribution in [2.24, 2.45) is 0 Å². The molecule has 31 heavy (non-hydrogen) atoms. The molecule has 3 aromatic heterocycles. The summed E-state index contributed by atoms with van der Waals surface area (Å²) >= 11 is 1.64. The number of nitrogens with one attached hydrogen (secondary N) is 1. The fraction of sp³-hybridized carbons (Fsp3) is 0.348. The van der Waals surface area contributed by atoms with Gasteiger partial charge < -0.3 is 9.88 Å². The molecular formula is C23H24FN5OS. The molecule has 0 saturated heterocycles. The summed E-state index contributed by atoms with van der Waals surface area (Å²) in [6.45, 7) is 2.25. The number of imidazole rings is 1. The number of rotatable bonds is 7. The number of hydrogen-bond acceptors (Lipinski definition) is 5. The van der Waals surface area contributed by atoms with Gasteiger partial charge in [-0.2, -0.15) is 0 Å². The molecule has 1 atom stereocenters. The van der Waals surface area contributed by atoms with Gasteiger partial charge in [0, 0.05) is 29.9 Å². The van der Waals surface area contributed by atoms with Crippen LogP contribution in [0.2, 0.25) is 0 Å². The van der Waals surface area contributed by atoms with Gasteiger partial charge in [0.15, 0.2) is 0 Å². The zero-order valence-corrected chi connectivity index (χ0v) is 17.9. The number of benzene rings is 1. The Balaban J connectivity index is 1.29. The molecule has 8 heteroatoms. The quantitative estimate of drug-likeness (QED) is 0.450. The number of fused-ring (bicyclic) bond motifs is 3. The lowest BCUT2D eigenvalue weighted by atomic mass is 9.93. The van der Waals surface area contributed by atoms with Crippen molar-refractivity contribution in [1.82, 2.24) is 24.4 Å². The van der Waals surface area contributed by atoms with Crippen LogP contribution >= 0.6 is 11.3 Å². The Kier molecular flexibility index (Phi) is 5.65. The second kappa shape index (κ2) is 8.72. The van der Waals surface area contributed by atoms with Gasteiger partial charge in [-0.1, -0.05) is 12.1 Å². The summed E-state index contributed by atoms with van der Waals surface area (Å²) in [5.41, 5.74) is 1.88. The van der Waals surface area contributed by atoms with Crippen molar-refractivity contribution in [2.75, 3.05) is 6.54 Å². The van der Waals surface area contributed by atoms with Gasteiger partial charge in [0.05, 0.1) is 24.6 Å². The molecule has 6 nitrogen and oxygen atoms in total. The van der Waals surface area contributed by atoms with E-state index in [0.29, 0.717) is 12.6 Å². The van der Waals surface area contributed by atoms with Crippen LogP contribution in [0.5, 0.6) is 0 Å². The summed E-state index contributed by atoms with van der Waals surface area (Å²) < 4.78 is 17.2. The zero-order valence-electron chi connectivity index (χ0n) is 17.1. The first kappa shape index (κ1) is 20.1. The Bertz CT molecular complexity index is 1250. The number of nitrogens with zero attached hydrogens (tertiary/aromatic N) is 4. The van der Waals surface area contributed by atoms with Crippen molar-refractivity contribution < 1.29 is 4.39 Å². The predicted octanol–water partition coefficient (Wildman–Crippen LogP) is 3.38. The summed E-state index contributed by atoms with van der Waals surface area (Å²) in [4.78, 5) is 23.9. The number of halogens is 1. The maximum Gasteiger partial charge on any atom is 0.262 e. The van der Waals surface area contributed by atoms with Gasteiger partial charge >= 0.3 is 0 Å². The van der Waals surface area contributed by atoms with E-state index in [1.54, 1.807) is 34.5 Å². The van der Waals surface area contributed by atoms with Crippen molar-refractivity contribution in [3.63, 3.8) is 0 Å². The fourth-order valence-corrected chi connectivity index (χ4v) is 5.56. The highest BCUT2D eigenvalue weighted by molar-refractivity contribution is 7.18. The van der Waals surface area contributed by atoms with Crippen LogP contribution in [0.15, 0.2) is 54.1 Å². The lowest BCUT2D eigenvalue weighted by Crippen LogP contribution is -2.35. The van der Waals surface area contributed by atoms with Gasteiger partial charge in [0.1, 0.15) is 10.6 Å². The van der Waals surface area contributed by atoms with Crippen LogP contribution in [0.1, 0.15) is 28.8 Å². The minimum absolute atomic E-state index is 0.0292. The molecule has 0 bridgehead atoms. The predicted molar refractivity (Wildman–Crippen MR) is 120 cm³/mol. The monoisotopic (exact) mass is 437 g/mol. The van der Waals surface area contributed by atoms with Gasteiger partial charge in [-0.25, -0.2) is 14.4 Å². The normalized spacial score (nSPS) is 16.0. The Morgan fingerprint density at radius 3 is 3.06 bits per heavy atom. The molecule has 1 aliphatic carbocycles. The SMILES string of the molecule is O=c1c2c3c(sc2ncn1Cc1cccc(F)c1)C[C@@H](NCCCn1ccnc1)CC3. The standard InChI is InChI=1S/C23H24FN5OS/c24-17-4-1-3-16(11-17)13-29-15-27-22-21(23(29)30)19-6-5-18(12-20(19)31-22)26-7-2-9-28-10-8-25-14-28/h1,3-4,8,10-11,14-15,18,26H,2,5-7,9,12-13H2/t18-/m0/s1. The molecule has 4 aromatic rings. The van der Waals surface area contributed by atoms with Gasteiger partial charge in [0.25, 0.3) is 5.56 Å². The fourth-order valence-electron chi connectivity index (χ4n) is 4.31.